The number of carbonyl (C=O) groups is 1. The van der Waals surface area contributed by atoms with E-state index in [0.29, 0.717) is 18.0 Å². The molecule has 1 atom stereocenters. The SMILES string of the molecule is O=C(c1ccc(Br)cc1O)N1CCCCC1CCl. The van der Waals surface area contributed by atoms with Gasteiger partial charge in [0.05, 0.1) is 5.56 Å². The zero-order chi connectivity index (χ0) is 13.1. The molecule has 0 spiro atoms. The minimum atomic E-state index is -0.134. The van der Waals surface area contributed by atoms with Crippen molar-refractivity contribution in [1.82, 2.24) is 4.90 Å². The summed E-state index contributed by atoms with van der Waals surface area (Å²) in [5.74, 6) is 0.321. The Morgan fingerprint density at radius 3 is 2.94 bits per heavy atom. The molecule has 0 radical (unpaired) electrons. The van der Waals surface area contributed by atoms with E-state index in [4.69, 9.17) is 11.6 Å². The molecule has 0 bridgehead atoms. The van der Waals surface area contributed by atoms with Crippen molar-refractivity contribution in [3.8, 4) is 5.75 Å². The third-order valence-corrected chi connectivity index (χ3v) is 4.11. The van der Waals surface area contributed by atoms with Gasteiger partial charge in [-0.1, -0.05) is 15.9 Å². The van der Waals surface area contributed by atoms with E-state index in [1.807, 2.05) is 0 Å². The highest BCUT2D eigenvalue weighted by Crippen LogP contribution is 2.26. The molecule has 0 aromatic heterocycles. The molecule has 1 aliphatic heterocycles. The molecule has 98 valence electrons. The fourth-order valence-corrected chi connectivity index (χ4v) is 2.94. The third-order valence-electron chi connectivity index (χ3n) is 3.26. The van der Waals surface area contributed by atoms with Gasteiger partial charge in [-0.3, -0.25) is 4.79 Å². The minimum absolute atomic E-state index is 0.00766. The molecule has 1 unspecified atom stereocenters. The Morgan fingerprint density at radius 2 is 2.28 bits per heavy atom. The van der Waals surface area contributed by atoms with E-state index in [-0.39, 0.29) is 17.7 Å². The smallest absolute Gasteiger partial charge is 0.257 e. The van der Waals surface area contributed by atoms with Gasteiger partial charge in [0.15, 0.2) is 0 Å². The topological polar surface area (TPSA) is 40.5 Å². The first-order valence-corrected chi connectivity index (χ1v) is 7.31. The van der Waals surface area contributed by atoms with Gasteiger partial charge in [-0.05, 0) is 37.5 Å². The van der Waals surface area contributed by atoms with Gasteiger partial charge in [0.25, 0.3) is 5.91 Å². The predicted molar refractivity (Wildman–Crippen MR) is 75.2 cm³/mol. The first-order valence-electron chi connectivity index (χ1n) is 5.99. The number of hydrogen-bond donors (Lipinski definition) is 1. The average Bonchev–Trinajstić information content (AvgIpc) is 2.38. The summed E-state index contributed by atoms with van der Waals surface area (Å²) in [5, 5.41) is 9.84. The Morgan fingerprint density at radius 1 is 1.50 bits per heavy atom. The van der Waals surface area contributed by atoms with Crippen LogP contribution in [-0.4, -0.2) is 34.4 Å². The van der Waals surface area contributed by atoms with Crippen molar-refractivity contribution in [1.29, 1.82) is 0 Å². The largest absolute Gasteiger partial charge is 0.507 e. The van der Waals surface area contributed by atoms with E-state index < -0.39 is 0 Å². The molecule has 1 aromatic rings. The summed E-state index contributed by atoms with van der Waals surface area (Å²) in [6.07, 6.45) is 3.04. The maximum atomic E-state index is 12.4. The summed E-state index contributed by atoms with van der Waals surface area (Å²) in [6, 6.07) is 5.01. The van der Waals surface area contributed by atoms with Crippen molar-refractivity contribution in [3.63, 3.8) is 0 Å². The number of alkyl halides is 1. The van der Waals surface area contributed by atoms with Gasteiger partial charge in [0, 0.05) is 22.9 Å². The van der Waals surface area contributed by atoms with Gasteiger partial charge in [-0.15, -0.1) is 11.6 Å². The summed E-state index contributed by atoms with van der Waals surface area (Å²) in [6.45, 7) is 0.714. The van der Waals surface area contributed by atoms with Crippen molar-refractivity contribution in [2.75, 3.05) is 12.4 Å². The van der Waals surface area contributed by atoms with Crippen LogP contribution in [0.25, 0.3) is 0 Å². The normalized spacial score (nSPS) is 19.9. The molecule has 1 heterocycles. The highest BCUT2D eigenvalue weighted by Gasteiger charge is 2.28. The zero-order valence-electron chi connectivity index (χ0n) is 9.90. The first-order chi connectivity index (χ1) is 8.63. The molecule has 2 rings (SSSR count). The second kappa shape index (κ2) is 5.93. The van der Waals surface area contributed by atoms with Gasteiger partial charge >= 0.3 is 0 Å². The fraction of sp³-hybridized carbons (Fsp3) is 0.462. The van der Waals surface area contributed by atoms with Crippen LogP contribution in [0.2, 0.25) is 0 Å². The van der Waals surface area contributed by atoms with Gasteiger partial charge in [0.1, 0.15) is 5.75 Å². The molecule has 3 nitrogen and oxygen atoms in total. The Hall–Kier alpha value is -0.740. The molecule has 0 saturated carbocycles. The van der Waals surface area contributed by atoms with Crippen LogP contribution in [0.15, 0.2) is 22.7 Å². The van der Waals surface area contributed by atoms with Crippen molar-refractivity contribution in [2.24, 2.45) is 0 Å². The van der Waals surface area contributed by atoms with Crippen LogP contribution in [0, 0.1) is 0 Å². The number of halogens is 2. The van der Waals surface area contributed by atoms with Crippen LogP contribution in [0.5, 0.6) is 5.75 Å². The van der Waals surface area contributed by atoms with E-state index in [2.05, 4.69) is 15.9 Å². The van der Waals surface area contributed by atoms with Gasteiger partial charge in [-0.2, -0.15) is 0 Å². The number of aromatic hydroxyl groups is 1. The number of nitrogens with zero attached hydrogens (tertiary/aromatic N) is 1. The van der Waals surface area contributed by atoms with Crippen molar-refractivity contribution in [2.45, 2.75) is 25.3 Å². The lowest BCUT2D eigenvalue weighted by molar-refractivity contribution is 0.0636. The number of hydrogen-bond acceptors (Lipinski definition) is 2. The number of rotatable bonds is 2. The van der Waals surface area contributed by atoms with E-state index >= 15 is 0 Å². The number of piperidine rings is 1. The number of phenolic OH excluding ortho intramolecular Hbond substituents is 1. The lowest BCUT2D eigenvalue weighted by Crippen LogP contribution is -2.44. The number of phenols is 1. The molecule has 0 aliphatic carbocycles. The van der Waals surface area contributed by atoms with Crippen molar-refractivity contribution >= 4 is 33.4 Å². The van der Waals surface area contributed by atoms with E-state index in [0.717, 1.165) is 23.7 Å². The van der Waals surface area contributed by atoms with Crippen LogP contribution in [0.3, 0.4) is 0 Å². The molecule has 5 heteroatoms. The molecule has 1 fully saturated rings. The summed E-state index contributed by atoms with van der Waals surface area (Å²) < 4.78 is 0.754. The molecule has 1 aliphatic rings. The maximum Gasteiger partial charge on any atom is 0.257 e. The second-order valence-corrected chi connectivity index (χ2v) is 5.69. The Balaban J connectivity index is 2.24. The van der Waals surface area contributed by atoms with E-state index in [9.17, 15) is 9.90 Å². The third kappa shape index (κ3) is 2.81. The van der Waals surface area contributed by atoms with Gasteiger partial charge < -0.3 is 10.0 Å². The summed E-state index contributed by atoms with van der Waals surface area (Å²) in [7, 11) is 0. The van der Waals surface area contributed by atoms with Gasteiger partial charge in [-0.25, -0.2) is 0 Å². The fourth-order valence-electron chi connectivity index (χ4n) is 2.27. The highest BCUT2D eigenvalue weighted by atomic mass is 79.9. The number of amides is 1. The van der Waals surface area contributed by atoms with E-state index in [1.165, 1.54) is 6.07 Å². The molecular formula is C13H15BrClNO2. The molecule has 1 saturated heterocycles. The molecule has 1 amide bonds. The molecule has 1 N–H and O–H groups in total. The summed E-state index contributed by atoms with van der Waals surface area (Å²) in [5.41, 5.74) is 0.343. The standard InChI is InChI=1S/C13H15BrClNO2/c14-9-4-5-11(12(17)7-9)13(18)16-6-2-1-3-10(16)8-15/h4-5,7,10,17H,1-3,6,8H2. The number of carbonyl (C=O) groups excluding carboxylic acids is 1. The van der Waals surface area contributed by atoms with E-state index in [1.54, 1.807) is 17.0 Å². The predicted octanol–water partition coefficient (Wildman–Crippen LogP) is 3.39. The van der Waals surface area contributed by atoms with Crippen LogP contribution in [0.1, 0.15) is 29.6 Å². The Labute approximate surface area is 120 Å². The second-order valence-electron chi connectivity index (χ2n) is 4.46. The van der Waals surface area contributed by atoms with Crippen LogP contribution in [0.4, 0.5) is 0 Å². The summed E-state index contributed by atoms with van der Waals surface area (Å²) in [4.78, 5) is 14.2. The summed E-state index contributed by atoms with van der Waals surface area (Å²) >= 11 is 9.17. The molecular weight excluding hydrogens is 318 g/mol. The van der Waals surface area contributed by atoms with Crippen molar-refractivity contribution < 1.29 is 9.90 Å². The molecule has 18 heavy (non-hydrogen) atoms. The van der Waals surface area contributed by atoms with Crippen LogP contribution >= 0.6 is 27.5 Å². The Bertz CT molecular complexity index is 453. The van der Waals surface area contributed by atoms with Crippen molar-refractivity contribution in [3.05, 3.63) is 28.2 Å². The van der Waals surface area contributed by atoms with Crippen LogP contribution in [-0.2, 0) is 0 Å². The minimum Gasteiger partial charge on any atom is -0.507 e. The lowest BCUT2D eigenvalue weighted by Gasteiger charge is -2.34. The average molecular weight is 333 g/mol. The number of benzene rings is 1. The monoisotopic (exact) mass is 331 g/mol. The maximum absolute atomic E-state index is 12.4. The van der Waals surface area contributed by atoms with Gasteiger partial charge in [0.2, 0.25) is 0 Å². The lowest BCUT2D eigenvalue weighted by atomic mass is 10.0. The van der Waals surface area contributed by atoms with Crippen LogP contribution < -0.4 is 0 Å². The quantitative estimate of drug-likeness (QED) is 0.843. The number of likely N-dealkylation sites (tertiary alicyclic amines) is 1. The Kier molecular flexibility index (Phi) is 4.51. The first kappa shape index (κ1) is 13.7. The molecule has 1 aromatic carbocycles. The zero-order valence-corrected chi connectivity index (χ0v) is 12.2. The highest BCUT2D eigenvalue weighted by molar-refractivity contribution is 9.10.